The molecule has 1 rings (SSSR count). The van der Waals surface area contributed by atoms with Crippen LogP contribution in [0.2, 0.25) is 6.32 Å². The SMILES string of the molecule is [B]CCC(C)(C)OC(=O)C1C(C(=O)OC(C)COC)C(C(=O)OC)C1C(=O)OC(C)COC(C)(C)CCC. The monoisotopic (exact) mass is 540 g/mol. The molecular formula is C27H45BO10. The Morgan fingerprint density at radius 3 is 1.66 bits per heavy atom. The maximum absolute atomic E-state index is 13.3. The maximum atomic E-state index is 13.3. The molecule has 1 aliphatic carbocycles. The summed E-state index contributed by atoms with van der Waals surface area (Å²) in [6, 6.07) is 0. The molecule has 2 radical (unpaired) electrons. The molecule has 0 aromatic rings. The number of carbonyl (C=O) groups excluding carboxylic acids is 4. The molecule has 1 saturated carbocycles. The molecule has 6 atom stereocenters. The van der Waals surface area contributed by atoms with E-state index >= 15 is 0 Å². The van der Waals surface area contributed by atoms with E-state index in [1.807, 2.05) is 20.8 Å². The summed E-state index contributed by atoms with van der Waals surface area (Å²) in [5.74, 6) is -8.49. The highest BCUT2D eigenvalue weighted by atomic mass is 16.6. The summed E-state index contributed by atoms with van der Waals surface area (Å²) >= 11 is 0. The number of rotatable bonds is 16. The number of esters is 4. The number of hydrogen-bond donors (Lipinski definition) is 0. The molecule has 0 N–H and O–H groups in total. The van der Waals surface area contributed by atoms with Gasteiger partial charge in [0.15, 0.2) is 0 Å². The topological polar surface area (TPSA) is 124 Å². The van der Waals surface area contributed by atoms with E-state index < -0.39 is 71.0 Å². The molecule has 0 saturated heterocycles. The van der Waals surface area contributed by atoms with Gasteiger partial charge >= 0.3 is 23.9 Å². The molecule has 0 heterocycles. The zero-order chi connectivity index (χ0) is 29.3. The van der Waals surface area contributed by atoms with Gasteiger partial charge in [0.05, 0.1) is 57.4 Å². The van der Waals surface area contributed by atoms with E-state index in [0.29, 0.717) is 6.42 Å². The van der Waals surface area contributed by atoms with Crippen molar-refractivity contribution in [1.29, 1.82) is 0 Å². The number of carbonyl (C=O) groups is 4. The lowest BCUT2D eigenvalue weighted by molar-refractivity contribution is -0.208. The third-order valence-electron chi connectivity index (χ3n) is 6.56. The molecule has 6 unspecified atom stereocenters. The maximum Gasteiger partial charge on any atom is 0.311 e. The van der Waals surface area contributed by atoms with E-state index in [0.717, 1.165) is 20.0 Å². The van der Waals surface area contributed by atoms with Gasteiger partial charge in [0.2, 0.25) is 0 Å². The summed E-state index contributed by atoms with van der Waals surface area (Å²) in [4.78, 5) is 52.6. The summed E-state index contributed by atoms with van der Waals surface area (Å²) < 4.78 is 32.4. The Morgan fingerprint density at radius 1 is 0.737 bits per heavy atom. The highest BCUT2D eigenvalue weighted by molar-refractivity contribution is 6.08. The van der Waals surface area contributed by atoms with Crippen LogP contribution in [0.25, 0.3) is 0 Å². The first-order valence-electron chi connectivity index (χ1n) is 13.2. The standard InChI is InChI=1S/C27H45BO10/c1-10-11-26(4,5)35-15-17(3)37-24(31)20-18(22(29)34-9)19(23(30)36-16(2)14-33-8)21(20)25(32)38-27(6,7)12-13-28/h16-21H,10-15H2,1-9H3. The van der Waals surface area contributed by atoms with Crippen LogP contribution in [0.1, 0.15) is 67.7 Å². The summed E-state index contributed by atoms with van der Waals surface area (Å²) in [6.45, 7) is 12.8. The Hall–Kier alpha value is -2.14. The van der Waals surface area contributed by atoms with E-state index in [2.05, 4.69) is 0 Å². The van der Waals surface area contributed by atoms with Crippen LogP contribution in [0.5, 0.6) is 0 Å². The molecule has 0 aliphatic heterocycles. The summed E-state index contributed by atoms with van der Waals surface area (Å²) in [6.07, 6.45) is 1.03. The van der Waals surface area contributed by atoms with Crippen molar-refractivity contribution >= 4 is 31.7 Å². The van der Waals surface area contributed by atoms with E-state index in [-0.39, 0.29) is 19.5 Å². The average Bonchev–Trinajstić information content (AvgIpc) is 2.76. The van der Waals surface area contributed by atoms with Gasteiger partial charge in [-0.05, 0) is 54.4 Å². The van der Waals surface area contributed by atoms with Crippen LogP contribution >= 0.6 is 0 Å². The van der Waals surface area contributed by atoms with Crippen molar-refractivity contribution in [3.63, 3.8) is 0 Å². The summed E-state index contributed by atoms with van der Waals surface area (Å²) in [7, 11) is 8.23. The molecule has 1 fully saturated rings. The van der Waals surface area contributed by atoms with Gasteiger partial charge in [-0.25, -0.2) is 0 Å². The minimum Gasteiger partial charge on any atom is -0.469 e. The van der Waals surface area contributed by atoms with Gasteiger partial charge in [0.1, 0.15) is 17.8 Å². The van der Waals surface area contributed by atoms with Gasteiger partial charge < -0.3 is 28.4 Å². The van der Waals surface area contributed by atoms with Crippen molar-refractivity contribution in [2.24, 2.45) is 23.7 Å². The summed E-state index contributed by atoms with van der Waals surface area (Å²) in [5, 5.41) is 0. The van der Waals surface area contributed by atoms with Gasteiger partial charge in [-0.3, -0.25) is 19.2 Å². The first-order valence-corrected chi connectivity index (χ1v) is 13.2. The number of methoxy groups -OCH3 is 2. The highest BCUT2D eigenvalue weighted by Crippen LogP contribution is 2.50. The largest absolute Gasteiger partial charge is 0.469 e. The molecule has 38 heavy (non-hydrogen) atoms. The van der Waals surface area contributed by atoms with E-state index in [9.17, 15) is 19.2 Å². The lowest BCUT2D eigenvalue weighted by Gasteiger charge is -2.46. The van der Waals surface area contributed by atoms with Crippen molar-refractivity contribution in [1.82, 2.24) is 0 Å². The normalized spacial score (nSPS) is 23.0. The van der Waals surface area contributed by atoms with Crippen molar-refractivity contribution in [3.05, 3.63) is 0 Å². The van der Waals surface area contributed by atoms with Gasteiger partial charge in [-0.2, -0.15) is 0 Å². The van der Waals surface area contributed by atoms with Crippen molar-refractivity contribution in [2.45, 2.75) is 97.5 Å². The number of ether oxygens (including phenoxy) is 6. The van der Waals surface area contributed by atoms with Gasteiger partial charge in [0.25, 0.3) is 0 Å². The van der Waals surface area contributed by atoms with Crippen molar-refractivity contribution in [2.75, 3.05) is 27.4 Å². The molecule has 0 spiro atoms. The summed E-state index contributed by atoms with van der Waals surface area (Å²) in [5.41, 5.74) is -1.37. The minimum atomic E-state index is -1.31. The van der Waals surface area contributed by atoms with Crippen molar-refractivity contribution < 1.29 is 47.6 Å². The molecule has 1 aliphatic rings. The third-order valence-corrected chi connectivity index (χ3v) is 6.56. The molecule has 0 amide bonds. The lowest BCUT2D eigenvalue weighted by atomic mass is 9.56. The third kappa shape index (κ3) is 9.56. The fraction of sp³-hybridized carbons (Fsp3) is 0.852. The van der Waals surface area contributed by atoms with Gasteiger partial charge in [-0.1, -0.05) is 19.7 Å². The minimum absolute atomic E-state index is 0.108. The van der Waals surface area contributed by atoms with Crippen LogP contribution in [0, 0.1) is 23.7 Å². The lowest BCUT2D eigenvalue weighted by Crippen LogP contribution is -2.62. The fourth-order valence-corrected chi connectivity index (χ4v) is 4.67. The predicted molar refractivity (Wildman–Crippen MR) is 139 cm³/mol. The van der Waals surface area contributed by atoms with Crippen LogP contribution in [-0.2, 0) is 47.6 Å². The van der Waals surface area contributed by atoms with E-state index in [1.54, 1.807) is 27.7 Å². The quantitative estimate of drug-likeness (QED) is 0.164. The van der Waals surface area contributed by atoms with Gasteiger partial charge in [-0.15, -0.1) is 0 Å². The molecule has 10 nitrogen and oxygen atoms in total. The highest BCUT2D eigenvalue weighted by Gasteiger charge is 2.66. The molecular weight excluding hydrogens is 495 g/mol. The van der Waals surface area contributed by atoms with Crippen LogP contribution in [0.15, 0.2) is 0 Å². The predicted octanol–water partition coefficient (Wildman–Crippen LogP) is 3.04. The van der Waals surface area contributed by atoms with Crippen molar-refractivity contribution in [3.8, 4) is 0 Å². The first-order chi connectivity index (χ1) is 17.6. The van der Waals surface area contributed by atoms with Crippen LogP contribution in [0.4, 0.5) is 0 Å². The Kier molecular flexibility index (Phi) is 13.3. The molecule has 0 aromatic heterocycles. The number of hydrogen-bond acceptors (Lipinski definition) is 10. The molecule has 0 aromatic carbocycles. The second-order valence-corrected chi connectivity index (χ2v) is 11.1. The fourth-order valence-electron chi connectivity index (χ4n) is 4.67. The van der Waals surface area contributed by atoms with Gasteiger partial charge in [0, 0.05) is 7.11 Å². The Morgan fingerprint density at radius 2 is 1.21 bits per heavy atom. The van der Waals surface area contributed by atoms with Crippen LogP contribution in [-0.4, -0.2) is 82.6 Å². The average molecular weight is 540 g/mol. The van der Waals surface area contributed by atoms with Crippen LogP contribution in [0.3, 0.4) is 0 Å². The first kappa shape index (κ1) is 33.9. The van der Waals surface area contributed by atoms with E-state index in [4.69, 9.17) is 36.3 Å². The van der Waals surface area contributed by atoms with E-state index in [1.165, 1.54) is 7.11 Å². The Bertz CT molecular complexity index is 812. The van der Waals surface area contributed by atoms with Crippen LogP contribution < -0.4 is 0 Å². The molecule has 216 valence electrons. The second-order valence-electron chi connectivity index (χ2n) is 11.1. The Labute approximate surface area is 228 Å². The Balaban J connectivity index is 3.24. The zero-order valence-corrected chi connectivity index (χ0v) is 24.4. The molecule has 0 bridgehead atoms. The molecule has 11 heteroatoms. The second kappa shape index (κ2) is 14.9. The smallest absolute Gasteiger partial charge is 0.311 e. The zero-order valence-electron chi connectivity index (χ0n) is 24.4.